The first kappa shape index (κ1) is 13.8. The van der Waals surface area contributed by atoms with Crippen LogP contribution in [0.3, 0.4) is 0 Å². The zero-order valence-electron chi connectivity index (χ0n) is 11.3. The molecule has 0 radical (unpaired) electrons. The van der Waals surface area contributed by atoms with Gasteiger partial charge in [-0.05, 0) is 36.8 Å². The molecule has 0 spiro atoms. The molecule has 1 aliphatic rings. The second kappa shape index (κ2) is 4.96. The van der Waals surface area contributed by atoms with Crippen LogP contribution in [0.4, 0.5) is 10.1 Å². The molecular weight excluding hydrogens is 291 g/mol. The highest BCUT2D eigenvalue weighted by molar-refractivity contribution is 7.90. The SMILES string of the molecule is CC1=NS(=O)(=O)c2ccccc2N1Cc1cccc(F)c1. The number of benzene rings is 2. The van der Waals surface area contributed by atoms with Crippen molar-refractivity contribution in [3.05, 3.63) is 59.9 Å². The molecule has 1 aliphatic heterocycles. The Morgan fingerprint density at radius 1 is 1.14 bits per heavy atom. The summed E-state index contributed by atoms with van der Waals surface area (Å²) in [6.45, 7) is 1.99. The van der Waals surface area contributed by atoms with Gasteiger partial charge in [-0.2, -0.15) is 8.42 Å². The van der Waals surface area contributed by atoms with Crippen molar-refractivity contribution in [2.24, 2.45) is 4.40 Å². The number of rotatable bonds is 2. The number of halogens is 1. The molecule has 0 unspecified atom stereocenters. The molecule has 108 valence electrons. The Labute approximate surface area is 122 Å². The smallest absolute Gasteiger partial charge is 0.286 e. The number of hydrogen-bond acceptors (Lipinski definition) is 3. The lowest BCUT2D eigenvalue weighted by molar-refractivity contribution is 0.596. The van der Waals surface area contributed by atoms with Crippen molar-refractivity contribution in [1.82, 2.24) is 0 Å². The zero-order chi connectivity index (χ0) is 15.0. The number of hydrogen-bond donors (Lipinski definition) is 0. The Hall–Kier alpha value is -2.21. The van der Waals surface area contributed by atoms with Crippen LogP contribution in [0, 0.1) is 5.82 Å². The third-order valence-corrected chi connectivity index (χ3v) is 4.71. The fourth-order valence-electron chi connectivity index (χ4n) is 2.36. The standard InChI is InChI=1S/C15H13FN2O2S/c1-11-17-21(19,20)15-8-3-2-7-14(15)18(11)10-12-5-4-6-13(16)9-12/h2-9H,10H2,1H3. The highest BCUT2D eigenvalue weighted by atomic mass is 32.2. The van der Waals surface area contributed by atoms with E-state index in [1.807, 2.05) is 0 Å². The van der Waals surface area contributed by atoms with E-state index in [-0.39, 0.29) is 10.7 Å². The van der Waals surface area contributed by atoms with Crippen LogP contribution in [0.25, 0.3) is 0 Å². The highest BCUT2D eigenvalue weighted by Gasteiger charge is 2.28. The maximum atomic E-state index is 13.3. The molecule has 0 fully saturated rings. The van der Waals surface area contributed by atoms with E-state index in [2.05, 4.69) is 4.40 Å². The number of sulfonamides is 1. The lowest BCUT2D eigenvalue weighted by Gasteiger charge is -2.29. The largest absolute Gasteiger partial charge is 0.324 e. The van der Waals surface area contributed by atoms with Gasteiger partial charge in [-0.3, -0.25) is 0 Å². The number of nitrogens with zero attached hydrogens (tertiary/aromatic N) is 2. The minimum atomic E-state index is -3.65. The van der Waals surface area contributed by atoms with Gasteiger partial charge in [0.25, 0.3) is 10.0 Å². The maximum Gasteiger partial charge on any atom is 0.286 e. The average Bonchev–Trinajstić information content (AvgIpc) is 2.43. The summed E-state index contributed by atoms with van der Waals surface area (Å²) in [4.78, 5) is 1.94. The molecule has 21 heavy (non-hydrogen) atoms. The molecule has 0 N–H and O–H groups in total. The predicted molar refractivity (Wildman–Crippen MR) is 79.3 cm³/mol. The van der Waals surface area contributed by atoms with Crippen LogP contribution in [-0.2, 0) is 16.6 Å². The molecule has 0 atom stereocenters. The molecule has 2 aromatic carbocycles. The van der Waals surface area contributed by atoms with Gasteiger partial charge in [-0.25, -0.2) is 4.39 Å². The molecule has 3 rings (SSSR count). The summed E-state index contributed by atoms with van der Waals surface area (Å²) in [5.41, 5.74) is 1.31. The molecule has 1 heterocycles. The third-order valence-electron chi connectivity index (χ3n) is 3.31. The predicted octanol–water partition coefficient (Wildman–Crippen LogP) is 2.95. The number of amidine groups is 1. The van der Waals surface area contributed by atoms with E-state index in [1.54, 1.807) is 42.2 Å². The van der Waals surface area contributed by atoms with E-state index in [1.165, 1.54) is 18.2 Å². The molecule has 0 saturated carbocycles. The summed E-state index contributed by atoms with van der Waals surface area (Å²) >= 11 is 0. The minimum Gasteiger partial charge on any atom is -0.324 e. The topological polar surface area (TPSA) is 49.7 Å². The molecule has 6 heteroatoms. The van der Waals surface area contributed by atoms with Gasteiger partial charge in [0.15, 0.2) is 0 Å². The quantitative estimate of drug-likeness (QED) is 0.857. The molecule has 2 aromatic rings. The Morgan fingerprint density at radius 3 is 2.67 bits per heavy atom. The fraction of sp³-hybridized carbons (Fsp3) is 0.133. The van der Waals surface area contributed by atoms with Crippen molar-refractivity contribution in [2.75, 3.05) is 4.90 Å². The highest BCUT2D eigenvalue weighted by Crippen LogP contribution is 2.32. The first-order chi connectivity index (χ1) is 9.97. The summed E-state index contributed by atoms with van der Waals surface area (Å²) < 4.78 is 41.2. The zero-order valence-corrected chi connectivity index (χ0v) is 12.1. The summed E-state index contributed by atoms with van der Waals surface area (Å²) in [6.07, 6.45) is 0. The second-order valence-electron chi connectivity index (χ2n) is 4.80. The van der Waals surface area contributed by atoms with Crippen molar-refractivity contribution in [3.63, 3.8) is 0 Å². The van der Waals surface area contributed by atoms with Crippen molar-refractivity contribution >= 4 is 21.5 Å². The molecule has 0 aromatic heterocycles. The van der Waals surface area contributed by atoms with Crippen LogP contribution >= 0.6 is 0 Å². The Bertz CT molecular complexity index is 831. The summed E-state index contributed by atoms with van der Waals surface area (Å²) in [7, 11) is -3.65. The van der Waals surface area contributed by atoms with Crippen LogP contribution in [0.2, 0.25) is 0 Å². The molecule has 4 nitrogen and oxygen atoms in total. The van der Waals surface area contributed by atoms with Crippen LogP contribution in [0.1, 0.15) is 12.5 Å². The van der Waals surface area contributed by atoms with Crippen molar-refractivity contribution < 1.29 is 12.8 Å². The van der Waals surface area contributed by atoms with E-state index in [0.717, 1.165) is 5.56 Å². The van der Waals surface area contributed by atoms with Crippen molar-refractivity contribution in [1.29, 1.82) is 0 Å². The van der Waals surface area contributed by atoms with Crippen LogP contribution in [0.5, 0.6) is 0 Å². The Morgan fingerprint density at radius 2 is 1.90 bits per heavy atom. The number of anilines is 1. The van der Waals surface area contributed by atoms with Gasteiger partial charge in [0.05, 0.1) is 5.69 Å². The Kier molecular flexibility index (Phi) is 3.25. The van der Waals surface area contributed by atoms with Gasteiger partial charge in [-0.1, -0.05) is 24.3 Å². The van der Waals surface area contributed by atoms with Gasteiger partial charge < -0.3 is 4.90 Å². The number of para-hydroxylation sites is 1. The first-order valence-electron chi connectivity index (χ1n) is 6.40. The lowest BCUT2D eigenvalue weighted by Crippen LogP contribution is -2.33. The Balaban J connectivity index is 2.07. The average molecular weight is 304 g/mol. The molecular formula is C15H13FN2O2S. The van der Waals surface area contributed by atoms with Gasteiger partial charge in [0, 0.05) is 6.54 Å². The van der Waals surface area contributed by atoms with Gasteiger partial charge in [0.2, 0.25) is 0 Å². The van der Waals surface area contributed by atoms with Crippen molar-refractivity contribution in [2.45, 2.75) is 18.4 Å². The summed E-state index contributed by atoms with van der Waals surface area (Å²) in [5.74, 6) is 0.0537. The first-order valence-corrected chi connectivity index (χ1v) is 7.84. The van der Waals surface area contributed by atoms with Crippen LogP contribution in [0.15, 0.2) is 57.8 Å². The molecule has 0 amide bonds. The normalized spacial score (nSPS) is 16.3. The fourth-order valence-corrected chi connectivity index (χ4v) is 3.60. The maximum absolute atomic E-state index is 13.3. The van der Waals surface area contributed by atoms with Crippen molar-refractivity contribution in [3.8, 4) is 0 Å². The second-order valence-corrected chi connectivity index (χ2v) is 6.37. The van der Waals surface area contributed by atoms with E-state index in [4.69, 9.17) is 0 Å². The summed E-state index contributed by atoms with van der Waals surface area (Å²) in [6, 6.07) is 12.9. The van der Waals surface area contributed by atoms with E-state index in [0.29, 0.717) is 18.1 Å². The lowest BCUT2D eigenvalue weighted by atomic mass is 10.2. The summed E-state index contributed by atoms with van der Waals surface area (Å²) in [5, 5.41) is 0. The number of fused-ring (bicyclic) bond motifs is 1. The van der Waals surface area contributed by atoms with E-state index in [9.17, 15) is 12.8 Å². The van der Waals surface area contributed by atoms with Gasteiger partial charge in [-0.15, -0.1) is 4.40 Å². The van der Waals surface area contributed by atoms with Gasteiger partial charge in [0.1, 0.15) is 16.5 Å². The molecule has 0 bridgehead atoms. The van der Waals surface area contributed by atoms with Crippen LogP contribution < -0.4 is 4.90 Å². The van der Waals surface area contributed by atoms with E-state index < -0.39 is 10.0 Å². The van der Waals surface area contributed by atoms with E-state index >= 15 is 0 Å². The monoisotopic (exact) mass is 304 g/mol. The molecule has 0 aliphatic carbocycles. The van der Waals surface area contributed by atoms with Gasteiger partial charge >= 0.3 is 0 Å². The third kappa shape index (κ3) is 2.54. The minimum absolute atomic E-state index is 0.173. The van der Waals surface area contributed by atoms with Crippen LogP contribution in [-0.4, -0.2) is 14.3 Å². The molecule has 0 saturated heterocycles.